The molecular formula is C58H36N2S2. The number of hydrogen-bond donors (Lipinski definition) is 0. The Morgan fingerprint density at radius 2 is 0.613 bits per heavy atom. The molecule has 0 saturated carbocycles. The summed E-state index contributed by atoms with van der Waals surface area (Å²) in [5.41, 5.74) is 14.1. The predicted octanol–water partition coefficient (Wildman–Crippen LogP) is 16.9. The van der Waals surface area contributed by atoms with Gasteiger partial charge < -0.3 is 0 Å². The Labute approximate surface area is 367 Å². The van der Waals surface area contributed by atoms with Gasteiger partial charge >= 0.3 is 0 Å². The van der Waals surface area contributed by atoms with E-state index in [0.29, 0.717) is 5.82 Å². The maximum atomic E-state index is 5.33. The number of fused-ring (bicyclic) bond motifs is 6. The second kappa shape index (κ2) is 15.2. The van der Waals surface area contributed by atoms with Crippen molar-refractivity contribution in [3.05, 3.63) is 218 Å². The Morgan fingerprint density at radius 1 is 0.226 bits per heavy atom. The van der Waals surface area contributed by atoms with Gasteiger partial charge in [-0.15, -0.1) is 22.7 Å². The predicted molar refractivity (Wildman–Crippen MR) is 266 cm³/mol. The Balaban J connectivity index is 1.02. The zero-order valence-electron chi connectivity index (χ0n) is 33.5. The number of hydrogen-bond acceptors (Lipinski definition) is 4. The van der Waals surface area contributed by atoms with Gasteiger partial charge in [-0.1, -0.05) is 152 Å². The molecule has 0 amide bonds. The van der Waals surface area contributed by atoms with Crippen LogP contribution in [0.25, 0.3) is 119 Å². The van der Waals surface area contributed by atoms with E-state index in [2.05, 4.69) is 212 Å². The minimum Gasteiger partial charge on any atom is -0.228 e. The summed E-state index contributed by atoms with van der Waals surface area (Å²) in [6.07, 6.45) is 0. The molecule has 0 bridgehead atoms. The molecule has 0 N–H and O–H groups in total. The number of nitrogens with zero attached hydrogens (tertiary/aromatic N) is 2. The van der Waals surface area contributed by atoms with E-state index in [1.165, 1.54) is 62.6 Å². The highest BCUT2D eigenvalue weighted by Gasteiger charge is 2.16. The summed E-state index contributed by atoms with van der Waals surface area (Å²) >= 11 is 3.70. The van der Waals surface area contributed by atoms with Crippen LogP contribution in [0.2, 0.25) is 0 Å². The van der Waals surface area contributed by atoms with Gasteiger partial charge in [0.2, 0.25) is 0 Å². The average molecular weight is 825 g/mol. The molecule has 0 unspecified atom stereocenters. The number of benzene rings is 9. The first kappa shape index (κ1) is 36.4. The third-order valence-electron chi connectivity index (χ3n) is 11.9. The molecule has 0 saturated heterocycles. The highest BCUT2D eigenvalue weighted by molar-refractivity contribution is 7.26. The Morgan fingerprint density at radius 3 is 1.24 bits per heavy atom. The van der Waals surface area contributed by atoms with Crippen molar-refractivity contribution < 1.29 is 0 Å². The van der Waals surface area contributed by atoms with Crippen molar-refractivity contribution >= 4 is 63.0 Å². The molecular weight excluding hydrogens is 789 g/mol. The fourth-order valence-corrected chi connectivity index (χ4v) is 10.9. The maximum absolute atomic E-state index is 5.33. The topological polar surface area (TPSA) is 25.8 Å². The van der Waals surface area contributed by atoms with Gasteiger partial charge in [0.05, 0.1) is 11.4 Å². The molecule has 4 heteroatoms. The van der Waals surface area contributed by atoms with Gasteiger partial charge in [0, 0.05) is 57.0 Å². The van der Waals surface area contributed by atoms with E-state index in [1.54, 1.807) is 0 Å². The van der Waals surface area contributed by atoms with Gasteiger partial charge in [-0.3, -0.25) is 0 Å². The van der Waals surface area contributed by atoms with E-state index in [1.807, 2.05) is 28.7 Å². The number of aromatic nitrogens is 2. The lowest BCUT2D eigenvalue weighted by atomic mass is 9.93. The van der Waals surface area contributed by atoms with E-state index in [-0.39, 0.29) is 0 Å². The summed E-state index contributed by atoms with van der Waals surface area (Å²) in [5, 5.41) is 5.17. The summed E-state index contributed by atoms with van der Waals surface area (Å²) in [5.74, 6) is 0.694. The largest absolute Gasteiger partial charge is 0.228 e. The fraction of sp³-hybridized carbons (Fsp3) is 0. The monoisotopic (exact) mass is 824 g/mol. The van der Waals surface area contributed by atoms with Crippen LogP contribution in [0.15, 0.2) is 218 Å². The molecule has 3 aromatic heterocycles. The average Bonchev–Trinajstić information content (AvgIpc) is 3.92. The highest BCUT2D eigenvalue weighted by Crippen LogP contribution is 2.41. The number of thiophene rings is 2. The normalized spacial score (nSPS) is 11.5. The minimum atomic E-state index is 0.694. The van der Waals surface area contributed by atoms with E-state index in [9.17, 15) is 0 Å². The Kier molecular flexibility index (Phi) is 8.91. The summed E-state index contributed by atoms with van der Waals surface area (Å²) < 4.78 is 5.21. The van der Waals surface area contributed by atoms with Crippen LogP contribution in [0, 0.1) is 0 Å². The van der Waals surface area contributed by atoms with E-state index >= 15 is 0 Å². The third-order valence-corrected chi connectivity index (χ3v) is 14.2. The second-order valence-electron chi connectivity index (χ2n) is 15.8. The van der Waals surface area contributed by atoms with Crippen LogP contribution in [-0.2, 0) is 0 Å². The van der Waals surface area contributed by atoms with Crippen molar-refractivity contribution in [2.75, 3.05) is 0 Å². The molecule has 0 aliphatic rings. The molecule has 3 heterocycles. The quantitative estimate of drug-likeness (QED) is 0.160. The molecule has 9 aromatic carbocycles. The van der Waals surface area contributed by atoms with Gasteiger partial charge in [0.15, 0.2) is 5.82 Å². The molecule has 0 fully saturated rings. The van der Waals surface area contributed by atoms with Crippen LogP contribution in [0.5, 0.6) is 0 Å². The first-order valence-electron chi connectivity index (χ1n) is 20.9. The smallest absolute Gasteiger partial charge is 0.160 e. The lowest BCUT2D eigenvalue weighted by molar-refractivity contribution is 1.18. The lowest BCUT2D eigenvalue weighted by Crippen LogP contribution is -1.97. The van der Waals surface area contributed by atoms with Crippen LogP contribution in [0.1, 0.15) is 0 Å². The minimum absolute atomic E-state index is 0.694. The molecule has 0 spiro atoms. The molecule has 2 nitrogen and oxygen atoms in total. The van der Waals surface area contributed by atoms with Crippen molar-refractivity contribution in [1.82, 2.24) is 9.97 Å². The van der Waals surface area contributed by atoms with E-state index < -0.39 is 0 Å². The second-order valence-corrected chi connectivity index (χ2v) is 17.9. The summed E-state index contributed by atoms with van der Waals surface area (Å²) in [4.78, 5) is 10.6. The zero-order chi connectivity index (χ0) is 41.0. The SMILES string of the molecule is c1ccc(-c2ccc(-c3cc(-c4ccc5sc6ccccc6c5c4)cc(-c4cc(-c5cccc(-c6ccc7sc8ccccc8c7c6)c5)nc(-c5ccccc5)n4)c3)cc2)cc1. The first-order chi connectivity index (χ1) is 30.7. The van der Waals surface area contributed by atoms with Gasteiger partial charge in [0.25, 0.3) is 0 Å². The summed E-state index contributed by atoms with van der Waals surface area (Å²) in [6, 6.07) is 78.8. The molecule has 0 aliphatic heterocycles. The Hall–Kier alpha value is -7.50. The molecule has 290 valence electrons. The van der Waals surface area contributed by atoms with Crippen molar-refractivity contribution in [2.45, 2.75) is 0 Å². The summed E-state index contributed by atoms with van der Waals surface area (Å²) in [7, 11) is 0. The van der Waals surface area contributed by atoms with Gasteiger partial charge in [-0.25, -0.2) is 9.97 Å². The molecule has 0 aliphatic carbocycles. The molecule has 62 heavy (non-hydrogen) atoms. The van der Waals surface area contributed by atoms with Gasteiger partial charge in [-0.2, -0.15) is 0 Å². The zero-order valence-corrected chi connectivity index (χ0v) is 35.1. The standard InChI is InChI=1S/C58H36N2S2/c1-3-12-37(13-4-1)38-22-24-39(25-23-38)45-31-46(43-27-29-57-51(35-43)49-19-8-10-21-55(49)62-57)33-47(32-45)53-36-52(59-58(60-53)40-14-5-2-6-15-40)44-17-11-16-41(30-44)42-26-28-56-50(34-42)48-18-7-9-20-54(48)61-56/h1-36H. The van der Waals surface area contributed by atoms with Crippen molar-refractivity contribution in [3.63, 3.8) is 0 Å². The van der Waals surface area contributed by atoms with Gasteiger partial charge in [0.1, 0.15) is 0 Å². The Bertz CT molecular complexity index is 3620. The van der Waals surface area contributed by atoms with Crippen LogP contribution in [0.3, 0.4) is 0 Å². The molecule has 0 atom stereocenters. The molecule has 0 radical (unpaired) electrons. The summed E-state index contributed by atoms with van der Waals surface area (Å²) in [6.45, 7) is 0. The van der Waals surface area contributed by atoms with Crippen LogP contribution < -0.4 is 0 Å². The number of rotatable bonds is 7. The van der Waals surface area contributed by atoms with E-state index in [0.717, 1.165) is 50.3 Å². The molecule has 12 rings (SSSR count). The third kappa shape index (κ3) is 6.67. The highest BCUT2D eigenvalue weighted by atomic mass is 32.1. The molecule has 12 aromatic rings. The van der Waals surface area contributed by atoms with Crippen molar-refractivity contribution in [2.24, 2.45) is 0 Å². The maximum Gasteiger partial charge on any atom is 0.160 e. The van der Waals surface area contributed by atoms with Crippen molar-refractivity contribution in [3.8, 4) is 78.4 Å². The van der Waals surface area contributed by atoms with Crippen LogP contribution in [-0.4, -0.2) is 9.97 Å². The van der Waals surface area contributed by atoms with Gasteiger partial charge in [-0.05, 0) is 111 Å². The first-order valence-corrected chi connectivity index (χ1v) is 22.5. The van der Waals surface area contributed by atoms with Crippen LogP contribution >= 0.6 is 22.7 Å². The van der Waals surface area contributed by atoms with Crippen LogP contribution in [0.4, 0.5) is 0 Å². The fourth-order valence-electron chi connectivity index (χ4n) is 8.72. The van der Waals surface area contributed by atoms with E-state index in [4.69, 9.17) is 9.97 Å². The lowest BCUT2D eigenvalue weighted by Gasteiger charge is -2.14. The van der Waals surface area contributed by atoms with Crippen molar-refractivity contribution in [1.29, 1.82) is 0 Å².